The molecule has 3 heterocycles. The third kappa shape index (κ3) is 7.63. The number of aromatic nitrogens is 3. The first-order valence-corrected chi connectivity index (χ1v) is 13.4. The van der Waals surface area contributed by atoms with Crippen molar-refractivity contribution in [1.82, 2.24) is 19.9 Å². The van der Waals surface area contributed by atoms with Crippen LogP contribution in [0.25, 0.3) is 0 Å². The molecular weight excluding hydrogens is 564 g/mol. The van der Waals surface area contributed by atoms with Crippen molar-refractivity contribution in [2.45, 2.75) is 19.6 Å². The van der Waals surface area contributed by atoms with Crippen molar-refractivity contribution in [3.63, 3.8) is 0 Å². The molecule has 2 aliphatic rings. The highest BCUT2D eigenvalue weighted by Gasteiger charge is 2.20. The number of hydrogen-bond acceptors (Lipinski definition) is 10. The Hall–Kier alpha value is -6.01. The summed E-state index contributed by atoms with van der Waals surface area (Å²) < 4.78 is 0. The van der Waals surface area contributed by atoms with Crippen LogP contribution in [0.4, 0.5) is 11.6 Å². The largest absolute Gasteiger partial charge is 0.307 e. The summed E-state index contributed by atoms with van der Waals surface area (Å²) in [6.07, 6.45) is 8.34. The molecule has 0 spiro atoms. The highest BCUT2D eigenvalue weighted by Crippen LogP contribution is 2.16. The Kier molecular flexibility index (Phi) is 8.92. The third-order valence-electron chi connectivity index (χ3n) is 6.39. The van der Waals surface area contributed by atoms with Gasteiger partial charge in [-0.1, -0.05) is 18.2 Å². The van der Waals surface area contributed by atoms with E-state index in [0.29, 0.717) is 31.0 Å². The highest BCUT2D eigenvalue weighted by atomic mass is 16.2. The number of hydrogen-bond donors (Lipinski definition) is 2. The number of pyridine rings is 3. The molecule has 3 aromatic rings. The summed E-state index contributed by atoms with van der Waals surface area (Å²) in [5.41, 5.74) is 2.14. The Morgan fingerprint density at radius 2 is 1.05 bits per heavy atom. The molecule has 0 radical (unpaired) electrons. The topological polar surface area (TPSA) is 168 Å². The number of carbonyl (C=O) groups excluding carboxylic acids is 6. The van der Waals surface area contributed by atoms with E-state index in [4.69, 9.17) is 0 Å². The molecule has 3 aromatic heterocycles. The second kappa shape index (κ2) is 13.3. The summed E-state index contributed by atoms with van der Waals surface area (Å²) >= 11 is 0. The van der Waals surface area contributed by atoms with Crippen LogP contribution in [0, 0.1) is 0 Å². The maximum absolute atomic E-state index is 12.6. The Morgan fingerprint density at radius 1 is 0.568 bits per heavy atom. The Labute approximate surface area is 250 Å². The molecule has 0 atom stereocenters. The summed E-state index contributed by atoms with van der Waals surface area (Å²) in [4.78, 5) is 87.0. The Morgan fingerprint density at radius 3 is 1.50 bits per heavy atom. The predicted octanol–water partition coefficient (Wildman–Crippen LogP) is 2.22. The van der Waals surface area contributed by atoms with Gasteiger partial charge in [0.25, 0.3) is 11.8 Å². The number of carbonyl (C=O) groups is 6. The van der Waals surface area contributed by atoms with Gasteiger partial charge in [-0.15, -0.1) is 0 Å². The highest BCUT2D eigenvalue weighted by molar-refractivity contribution is 6.48. The van der Waals surface area contributed by atoms with Crippen molar-refractivity contribution >= 4 is 46.6 Å². The van der Waals surface area contributed by atoms with Crippen LogP contribution in [0.3, 0.4) is 0 Å². The van der Waals surface area contributed by atoms with E-state index in [1.54, 1.807) is 42.6 Å². The van der Waals surface area contributed by atoms with Crippen LogP contribution < -0.4 is 10.6 Å². The molecule has 218 valence electrons. The van der Waals surface area contributed by atoms with Crippen molar-refractivity contribution in [3.05, 3.63) is 125 Å². The lowest BCUT2D eigenvalue weighted by Gasteiger charge is -2.22. The van der Waals surface area contributed by atoms with E-state index in [-0.39, 0.29) is 22.8 Å². The van der Waals surface area contributed by atoms with Crippen molar-refractivity contribution in [2.24, 2.45) is 0 Å². The van der Waals surface area contributed by atoms with Gasteiger partial charge in [-0.3, -0.25) is 38.7 Å². The molecule has 5 rings (SSSR count). The zero-order chi connectivity index (χ0) is 31.1. The van der Waals surface area contributed by atoms with Crippen LogP contribution in [0.15, 0.2) is 108 Å². The average molecular weight is 589 g/mol. The molecule has 2 N–H and O–H groups in total. The van der Waals surface area contributed by atoms with Gasteiger partial charge in [-0.25, -0.2) is 9.97 Å². The zero-order valence-electron chi connectivity index (χ0n) is 23.1. The van der Waals surface area contributed by atoms with E-state index in [2.05, 4.69) is 25.6 Å². The number of nitrogens with zero attached hydrogens (tertiary/aromatic N) is 4. The molecular formula is C32H24N6O6. The molecule has 12 nitrogen and oxygen atoms in total. The van der Waals surface area contributed by atoms with Gasteiger partial charge >= 0.3 is 0 Å². The van der Waals surface area contributed by atoms with Crippen LogP contribution >= 0.6 is 0 Å². The number of allylic oxidation sites excluding steroid dienone is 4. The first kappa shape index (κ1) is 29.5. The molecule has 2 aliphatic carbocycles. The van der Waals surface area contributed by atoms with Gasteiger partial charge in [0, 0.05) is 49.1 Å². The summed E-state index contributed by atoms with van der Waals surface area (Å²) in [6, 6.07) is 15.9. The van der Waals surface area contributed by atoms with Gasteiger partial charge in [0.1, 0.15) is 11.6 Å². The van der Waals surface area contributed by atoms with Gasteiger partial charge in [-0.05, 0) is 60.7 Å². The zero-order valence-corrected chi connectivity index (χ0v) is 23.1. The minimum atomic E-state index is -0.767. The molecule has 12 heteroatoms. The Bertz CT molecular complexity index is 1700. The maximum atomic E-state index is 12.6. The summed E-state index contributed by atoms with van der Waals surface area (Å²) in [5, 5.41) is 5.30. The first-order valence-electron chi connectivity index (χ1n) is 13.4. The lowest BCUT2D eigenvalue weighted by molar-refractivity contribution is -0.131. The quantitative estimate of drug-likeness (QED) is 0.265. The lowest BCUT2D eigenvalue weighted by atomic mass is 10.0. The van der Waals surface area contributed by atoms with Crippen LogP contribution in [0.2, 0.25) is 0 Å². The van der Waals surface area contributed by atoms with Crippen molar-refractivity contribution in [2.75, 3.05) is 10.6 Å². The fraction of sp³-hybridized carbons (Fsp3) is 0.0938. The smallest absolute Gasteiger partial charge is 0.256 e. The summed E-state index contributed by atoms with van der Waals surface area (Å²) in [7, 11) is 0. The van der Waals surface area contributed by atoms with Crippen molar-refractivity contribution in [1.29, 1.82) is 0 Å². The predicted molar refractivity (Wildman–Crippen MR) is 157 cm³/mol. The molecule has 0 bridgehead atoms. The molecule has 0 saturated carbocycles. The number of rotatable bonds is 10. The third-order valence-corrected chi connectivity index (χ3v) is 6.39. The van der Waals surface area contributed by atoms with Crippen LogP contribution in [-0.4, -0.2) is 54.8 Å². The number of ketones is 4. The van der Waals surface area contributed by atoms with E-state index in [0.717, 1.165) is 30.0 Å². The molecule has 0 aliphatic heterocycles. The minimum Gasteiger partial charge on any atom is -0.307 e. The molecule has 2 amide bonds. The van der Waals surface area contributed by atoms with Gasteiger partial charge in [0.05, 0.1) is 17.1 Å². The van der Waals surface area contributed by atoms with E-state index in [1.807, 2.05) is 23.1 Å². The number of amides is 2. The van der Waals surface area contributed by atoms with E-state index in [1.165, 1.54) is 12.2 Å². The first-order chi connectivity index (χ1) is 21.2. The van der Waals surface area contributed by atoms with E-state index >= 15 is 0 Å². The fourth-order valence-corrected chi connectivity index (χ4v) is 4.30. The van der Waals surface area contributed by atoms with Crippen molar-refractivity contribution < 1.29 is 28.8 Å². The molecule has 0 aromatic carbocycles. The average Bonchev–Trinajstić information content (AvgIpc) is 3.00. The number of anilines is 2. The lowest BCUT2D eigenvalue weighted by Crippen LogP contribution is -2.25. The van der Waals surface area contributed by atoms with Crippen LogP contribution in [-0.2, 0) is 48.4 Å². The molecule has 44 heavy (non-hydrogen) atoms. The monoisotopic (exact) mass is 588 g/mol. The standard InChI is InChI=1S/C32H24N6O6/c39-25-12-10-20(15-27(25)41)31(43)36-29-8-3-6-23(34-29)18-38(17-22-5-1-2-14-33-22)19-24-7-4-9-30(35-24)37-32(44)21-11-13-26(40)28(42)16-21/h1-16H,17-19H2,(H,34,36,43)(H,35,37,44). The molecule has 0 fully saturated rings. The molecule has 0 unspecified atom stereocenters. The molecule has 0 saturated heterocycles. The summed E-state index contributed by atoms with van der Waals surface area (Å²) in [6.45, 7) is 1.10. The summed E-state index contributed by atoms with van der Waals surface area (Å²) in [5.74, 6) is -3.54. The van der Waals surface area contributed by atoms with E-state index in [9.17, 15) is 28.8 Å². The van der Waals surface area contributed by atoms with Gasteiger partial charge < -0.3 is 10.6 Å². The van der Waals surface area contributed by atoms with E-state index < -0.39 is 34.9 Å². The maximum Gasteiger partial charge on any atom is 0.256 e. The normalized spacial score (nSPS) is 14.4. The second-order valence-corrected chi connectivity index (χ2v) is 9.73. The van der Waals surface area contributed by atoms with Crippen molar-refractivity contribution in [3.8, 4) is 0 Å². The van der Waals surface area contributed by atoms with Gasteiger partial charge in [-0.2, -0.15) is 0 Å². The Balaban J connectivity index is 1.30. The second-order valence-electron chi connectivity index (χ2n) is 9.73. The van der Waals surface area contributed by atoms with Crippen LogP contribution in [0.1, 0.15) is 17.1 Å². The number of nitrogens with one attached hydrogen (secondary N) is 2. The van der Waals surface area contributed by atoms with Gasteiger partial charge in [0.15, 0.2) is 0 Å². The fourth-order valence-electron chi connectivity index (χ4n) is 4.30. The van der Waals surface area contributed by atoms with Gasteiger partial charge in [0.2, 0.25) is 23.1 Å². The minimum absolute atomic E-state index is 0.0486. The van der Waals surface area contributed by atoms with Crippen LogP contribution in [0.5, 0.6) is 0 Å². The SMILES string of the molecule is O=C1C=CC(C(=O)Nc2cccc(CN(Cc3ccccn3)Cc3cccc(NC(=O)C4=CC(=O)C(=O)C=C4)n3)n2)=CC1=O.